The van der Waals surface area contributed by atoms with Gasteiger partial charge in [-0.05, 0) is 63.6 Å². The van der Waals surface area contributed by atoms with E-state index >= 15 is 0 Å². The Balaban J connectivity index is 1.86. The van der Waals surface area contributed by atoms with E-state index in [1.165, 1.54) is 11.8 Å². The maximum Gasteiger partial charge on any atom is 0.264 e. The van der Waals surface area contributed by atoms with Crippen LogP contribution in [0.1, 0.15) is 5.56 Å². The van der Waals surface area contributed by atoms with Gasteiger partial charge in [-0.3, -0.25) is 4.79 Å². The molecule has 0 unspecified atom stereocenters. The molecule has 1 saturated heterocycles. The minimum atomic E-state index is -0.195. The molecular weight excluding hydrogens is 457 g/mol. The molecule has 0 aromatic heterocycles. The number of anilines is 1. The van der Waals surface area contributed by atoms with Gasteiger partial charge in [0, 0.05) is 18.6 Å². The quantitative estimate of drug-likeness (QED) is 0.584. The number of nitrogens with zero attached hydrogens (tertiary/aromatic N) is 2. The number of rotatable bonds is 3. The molecule has 0 radical (unpaired) electrons. The molecule has 1 aliphatic rings. The first-order chi connectivity index (χ1) is 12.3. The zero-order chi connectivity index (χ0) is 18.8. The summed E-state index contributed by atoms with van der Waals surface area (Å²) in [6.45, 7) is 0. The van der Waals surface area contributed by atoms with Crippen LogP contribution in [-0.2, 0) is 4.79 Å². The fourth-order valence-corrected chi connectivity index (χ4v) is 4.22. The second-order valence-electron chi connectivity index (χ2n) is 5.66. The van der Waals surface area contributed by atoms with Crippen molar-refractivity contribution in [2.75, 3.05) is 19.0 Å². The molecule has 134 valence electrons. The van der Waals surface area contributed by atoms with Crippen molar-refractivity contribution >= 4 is 79.4 Å². The fraction of sp³-hybridized carbons (Fsp3) is 0.111. The summed E-state index contributed by atoms with van der Waals surface area (Å²) >= 11 is 17.0. The van der Waals surface area contributed by atoms with Crippen LogP contribution in [0.15, 0.2) is 50.8 Å². The molecule has 4 nitrogen and oxygen atoms in total. The van der Waals surface area contributed by atoms with Crippen LogP contribution in [0.3, 0.4) is 0 Å². The Bertz CT molecular complexity index is 944. The molecule has 0 aliphatic carbocycles. The van der Waals surface area contributed by atoms with Crippen molar-refractivity contribution in [1.82, 2.24) is 5.32 Å². The van der Waals surface area contributed by atoms with Crippen LogP contribution in [0.5, 0.6) is 0 Å². The molecule has 26 heavy (non-hydrogen) atoms. The maximum atomic E-state index is 12.2. The highest BCUT2D eigenvalue weighted by Gasteiger charge is 2.24. The minimum Gasteiger partial charge on any atom is -0.377 e. The number of carbonyl (C=O) groups excluding carboxylic acids is 1. The van der Waals surface area contributed by atoms with E-state index in [9.17, 15) is 4.79 Å². The highest BCUT2D eigenvalue weighted by Crippen LogP contribution is 2.35. The number of amides is 1. The third-order valence-corrected chi connectivity index (χ3v) is 5.91. The van der Waals surface area contributed by atoms with E-state index in [1.54, 1.807) is 18.2 Å². The molecule has 0 saturated carbocycles. The molecule has 1 fully saturated rings. The van der Waals surface area contributed by atoms with Crippen molar-refractivity contribution in [3.8, 4) is 0 Å². The van der Waals surface area contributed by atoms with E-state index in [1.807, 2.05) is 43.3 Å². The lowest BCUT2D eigenvalue weighted by Gasteiger charge is -2.14. The number of benzene rings is 2. The Labute approximate surface area is 174 Å². The number of thioether (sulfide) groups is 1. The third kappa shape index (κ3) is 4.26. The lowest BCUT2D eigenvalue weighted by molar-refractivity contribution is -0.115. The van der Waals surface area contributed by atoms with Crippen LogP contribution in [0.4, 0.5) is 11.4 Å². The predicted molar refractivity (Wildman–Crippen MR) is 116 cm³/mol. The number of amidine groups is 1. The number of carbonyl (C=O) groups is 1. The van der Waals surface area contributed by atoms with Crippen LogP contribution in [0.2, 0.25) is 10.0 Å². The van der Waals surface area contributed by atoms with Crippen molar-refractivity contribution < 1.29 is 4.79 Å². The van der Waals surface area contributed by atoms with Crippen molar-refractivity contribution in [1.29, 1.82) is 0 Å². The zero-order valence-electron chi connectivity index (χ0n) is 13.9. The molecule has 3 rings (SSSR count). The summed E-state index contributed by atoms with van der Waals surface area (Å²) in [7, 11) is 3.95. The summed E-state index contributed by atoms with van der Waals surface area (Å²) in [6, 6.07) is 11.1. The number of aliphatic imine (C=N–C) groups is 1. The van der Waals surface area contributed by atoms with Crippen LogP contribution < -0.4 is 10.2 Å². The van der Waals surface area contributed by atoms with Gasteiger partial charge in [-0.15, -0.1) is 0 Å². The molecule has 0 atom stereocenters. The molecule has 2 aromatic carbocycles. The maximum absolute atomic E-state index is 12.2. The first-order valence-electron chi connectivity index (χ1n) is 7.55. The predicted octanol–water partition coefficient (Wildman–Crippen LogP) is 5.71. The van der Waals surface area contributed by atoms with Gasteiger partial charge < -0.3 is 10.2 Å². The van der Waals surface area contributed by atoms with Crippen LogP contribution in [0, 0.1) is 0 Å². The van der Waals surface area contributed by atoms with E-state index in [-0.39, 0.29) is 5.91 Å². The molecular formula is C18H14BrCl2N3OS. The monoisotopic (exact) mass is 469 g/mol. The van der Waals surface area contributed by atoms with Gasteiger partial charge in [0.25, 0.3) is 5.91 Å². The Kier molecular flexibility index (Phi) is 5.97. The van der Waals surface area contributed by atoms with Crippen molar-refractivity contribution in [3.05, 3.63) is 61.4 Å². The van der Waals surface area contributed by atoms with Gasteiger partial charge in [0.2, 0.25) is 0 Å². The molecule has 1 N–H and O–H groups in total. The van der Waals surface area contributed by atoms with Crippen LogP contribution in [-0.4, -0.2) is 25.2 Å². The largest absolute Gasteiger partial charge is 0.377 e. The van der Waals surface area contributed by atoms with Crippen molar-refractivity contribution in [2.24, 2.45) is 4.99 Å². The number of hydrogen-bond donors (Lipinski definition) is 1. The van der Waals surface area contributed by atoms with Gasteiger partial charge in [-0.1, -0.05) is 35.3 Å². The number of nitrogens with one attached hydrogen (secondary N) is 1. The smallest absolute Gasteiger partial charge is 0.264 e. The van der Waals surface area contributed by atoms with Gasteiger partial charge in [-0.2, -0.15) is 0 Å². The third-order valence-electron chi connectivity index (χ3n) is 3.56. The lowest BCUT2D eigenvalue weighted by atomic mass is 10.2. The van der Waals surface area contributed by atoms with Gasteiger partial charge >= 0.3 is 0 Å². The molecule has 1 heterocycles. The normalized spacial score (nSPS) is 17.0. The highest BCUT2D eigenvalue weighted by atomic mass is 79.9. The molecule has 8 heteroatoms. The average molecular weight is 471 g/mol. The molecule has 1 amide bonds. The SMILES string of the molecule is CN(C)c1ccc(C=C2SC(=Nc3cccc(Cl)c3Cl)NC2=O)cc1Br. The Morgan fingerprint density at radius 2 is 2.00 bits per heavy atom. The molecule has 2 aromatic rings. The summed E-state index contributed by atoms with van der Waals surface area (Å²) in [4.78, 5) is 19.2. The fourth-order valence-electron chi connectivity index (χ4n) is 2.30. The van der Waals surface area contributed by atoms with Gasteiger partial charge in [0.1, 0.15) is 0 Å². The first kappa shape index (κ1) is 19.3. The second-order valence-corrected chi connectivity index (χ2v) is 8.33. The number of hydrogen-bond acceptors (Lipinski definition) is 4. The second kappa shape index (κ2) is 8.05. The number of halogens is 3. The van der Waals surface area contributed by atoms with E-state index in [2.05, 4.69) is 26.2 Å². The summed E-state index contributed by atoms with van der Waals surface area (Å²) < 4.78 is 0.958. The summed E-state index contributed by atoms with van der Waals surface area (Å²) in [5, 5.41) is 3.99. The van der Waals surface area contributed by atoms with Crippen molar-refractivity contribution in [2.45, 2.75) is 0 Å². The van der Waals surface area contributed by atoms with Gasteiger partial charge in [0.15, 0.2) is 5.17 Å². The summed E-state index contributed by atoms with van der Waals surface area (Å²) in [5.41, 5.74) is 2.50. The Morgan fingerprint density at radius 1 is 1.23 bits per heavy atom. The van der Waals surface area contributed by atoms with Gasteiger partial charge in [0.05, 0.1) is 26.3 Å². The van der Waals surface area contributed by atoms with Crippen LogP contribution in [0.25, 0.3) is 6.08 Å². The molecule has 1 aliphatic heterocycles. The van der Waals surface area contributed by atoms with E-state index in [4.69, 9.17) is 23.2 Å². The minimum absolute atomic E-state index is 0.195. The van der Waals surface area contributed by atoms with Crippen molar-refractivity contribution in [3.63, 3.8) is 0 Å². The Morgan fingerprint density at radius 3 is 2.69 bits per heavy atom. The van der Waals surface area contributed by atoms with E-state index in [0.717, 1.165) is 15.7 Å². The van der Waals surface area contributed by atoms with Gasteiger partial charge in [-0.25, -0.2) is 4.99 Å². The molecule has 0 bridgehead atoms. The average Bonchev–Trinajstić information content (AvgIpc) is 2.91. The zero-order valence-corrected chi connectivity index (χ0v) is 17.8. The first-order valence-corrected chi connectivity index (χ1v) is 9.92. The topological polar surface area (TPSA) is 44.7 Å². The molecule has 0 spiro atoms. The lowest BCUT2D eigenvalue weighted by Crippen LogP contribution is -2.19. The van der Waals surface area contributed by atoms with Crippen LogP contribution >= 0.6 is 50.9 Å². The van der Waals surface area contributed by atoms with E-state index in [0.29, 0.717) is 25.8 Å². The van der Waals surface area contributed by atoms with E-state index < -0.39 is 0 Å². The summed E-state index contributed by atoms with van der Waals surface area (Å²) in [6.07, 6.45) is 1.83. The Hall–Kier alpha value is -1.47. The highest BCUT2D eigenvalue weighted by molar-refractivity contribution is 9.10. The summed E-state index contributed by atoms with van der Waals surface area (Å²) in [5.74, 6) is -0.195. The standard InChI is InChI=1S/C18H14BrCl2N3OS/c1-24(2)14-7-6-10(8-11(14)19)9-15-17(25)23-18(26-15)22-13-5-3-4-12(20)16(13)21/h3-9H,1-2H3,(H,22,23,25).